The molecule has 0 bridgehead atoms. The maximum absolute atomic E-state index is 10.7. The third-order valence-corrected chi connectivity index (χ3v) is 2.11. The maximum atomic E-state index is 10.7. The lowest BCUT2D eigenvalue weighted by Gasteiger charge is -2.21. The average Bonchev–Trinajstić information content (AvgIpc) is 2.02. The summed E-state index contributed by atoms with van der Waals surface area (Å²) in [5.74, 6) is -2.73. The van der Waals surface area contributed by atoms with Crippen molar-refractivity contribution in [2.24, 2.45) is 5.41 Å². The number of hydrogen-bond acceptors (Lipinski definition) is 2. The quantitative estimate of drug-likeness (QED) is 0.504. The molecule has 0 saturated carbocycles. The molecule has 0 unspecified atom stereocenters. The average molecular weight is 186 g/mol. The van der Waals surface area contributed by atoms with Crippen LogP contribution in [0.15, 0.2) is 12.2 Å². The van der Waals surface area contributed by atoms with Gasteiger partial charge in [-0.15, -0.1) is 0 Å². The lowest BCUT2D eigenvalue weighted by Crippen LogP contribution is -2.37. The molecule has 0 aliphatic rings. The molecule has 0 spiro atoms. The van der Waals surface area contributed by atoms with Gasteiger partial charge < -0.3 is 10.2 Å². The summed E-state index contributed by atoms with van der Waals surface area (Å²) in [4.78, 5) is 21.5. The first-order chi connectivity index (χ1) is 5.87. The SMILES string of the molecule is C=C(CCC)C(C)(C(=O)O)C(=O)O. The lowest BCUT2D eigenvalue weighted by molar-refractivity contribution is -0.160. The number of hydrogen-bond donors (Lipinski definition) is 2. The predicted octanol–water partition coefficient (Wildman–Crippen LogP) is 1.52. The van der Waals surface area contributed by atoms with Gasteiger partial charge in [0.05, 0.1) is 0 Å². The summed E-state index contributed by atoms with van der Waals surface area (Å²) in [6.07, 6.45) is 1.10. The van der Waals surface area contributed by atoms with Crippen LogP contribution in [0.2, 0.25) is 0 Å². The van der Waals surface area contributed by atoms with Crippen LogP contribution in [0.5, 0.6) is 0 Å². The largest absolute Gasteiger partial charge is 0.480 e. The second-order valence-electron chi connectivity index (χ2n) is 3.09. The summed E-state index contributed by atoms with van der Waals surface area (Å²) in [7, 11) is 0. The van der Waals surface area contributed by atoms with Crippen molar-refractivity contribution in [1.29, 1.82) is 0 Å². The van der Waals surface area contributed by atoms with Crippen molar-refractivity contribution in [2.75, 3.05) is 0 Å². The van der Waals surface area contributed by atoms with Gasteiger partial charge in [-0.1, -0.05) is 19.9 Å². The molecule has 0 amide bonds. The Morgan fingerprint density at radius 1 is 1.31 bits per heavy atom. The summed E-state index contributed by atoms with van der Waals surface area (Å²) < 4.78 is 0. The number of carboxylic acid groups (broad SMARTS) is 2. The first kappa shape index (κ1) is 11.7. The molecule has 0 aromatic carbocycles. The third-order valence-electron chi connectivity index (χ3n) is 2.11. The topological polar surface area (TPSA) is 74.6 Å². The molecular formula is C9H14O4. The van der Waals surface area contributed by atoms with Crippen molar-refractivity contribution in [1.82, 2.24) is 0 Å². The van der Waals surface area contributed by atoms with Crippen molar-refractivity contribution in [3.05, 3.63) is 12.2 Å². The number of aliphatic carboxylic acids is 2. The van der Waals surface area contributed by atoms with Gasteiger partial charge in [0.1, 0.15) is 0 Å². The van der Waals surface area contributed by atoms with Crippen LogP contribution in [0.1, 0.15) is 26.7 Å². The summed E-state index contributed by atoms with van der Waals surface area (Å²) in [6, 6.07) is 0. The molecule has 2 N–H and O–H groups in total. The summed E-state index contributed by atoms with van der Waals surface area (Å²) in [6.45, 7) is 6.50. The van der Waals surface area contributed by atoms with Crippen LogP contribution in [-0.4, -0.2) is 22.2 Å². The van der Waals surface area contributed by atoms with E-state index in [1.54, 1.807) is 0 Å². The van der Waals surface area contributed by atoms with Crippen molar-refractivity contribution in [2.45, 2.75) is 26.7 Å². The van der Waals surface area contributed by atoms with Gasteiger partial charge in [-0.2, -0.15) is 0 Å². The molecule has 4 heteroatoms. The highest BCUT2D eigenvalue weighted by Crippen LogP contribution is 2.29. The Bertz CT molecular complexity index is 228. The van der Waals surface area contributed by atoms with Crippen LogP contribution in [0, 0.1) is 5.41 Å². The molecule has 0 heterocycles. The van der Waals surface area contributed by atoms with E-state index < -0.39 is 17.4 Å². The van der Waals surface area contributed by atoms with Gasteiger partial charge in [-0.3, -0.25) is 9.59 Å². The fraction of sp³-hybridized carbons (Fsp3) is 0.556. The van der Waals surface area contributed by atoms with Crippen LogP contribution in [-0.2, 0) is 9.59 Å². The smallest absolute Gasteiger partial charge is 0.324 e. The Hall–Kier alpha value is -1.32. The van der Waals surface area contributed by atoms with Gasteiger partial charge in [0.25, 0.3) is 0 Å². The summed E-state index contributed by atoms with van der Waals surface area (Å²) >= 11 is 0. The van der Waals surface area contributed by atoms with Crippen LogP contribution >= 0.6 is 0 Å². The Labute approximate surface area is 76.9 Å². The monoisotopic (exact) mass is 186 g/mol. The summed E-state index contributed by atoms with van der Waals surface area (Å²) in [5.41, 5.74) is -1.62. The fourth-order valence-electron chi connectivity index (χ4n) is 0.946. The van der Waals surface area contributed by atoms with E-state index in [-0.39, 0.29) is 5.57 Å². The van der Waals surface area contributed by atoms with E-state index in [4.69, 9.17) is 10.2 Å². The second kappa shape index (κ2) is 4.07. The molecule has 0 rings (SSSR count). The van der Waals surface area contributed by atoms with E-state index >= 15 is 0 Å². The molecule has 0 aromatic rings. The molecule has 0 saturated heterocycles. The van der Waals surface area contributed by atoms with E-state index in [0.29, 0.717) is 12.8 Å². The molecule has 0 aliphatic heterocycles. The number of carboxylic acids is 2. The van der Waals surface area contributed by atoms with E-state index in [1.807, 2.05) is 6.92 Å². The van der Waals surface area contributed by atoms with Crippen LogP contribution in [0.25, 0.3) is 0 Å². The second-order valence-corrected chi connectivity index (χ2v) is 3.09. The number of rotatable bonds is 5. The van der Waals surface area contributed by atoms with Gasteiger partial charge >= 0.3 is 11.9 Å². The zero-order chi connectivity index (χ0) is 10.6. The van der Waals surface area contributed by atoms with Crippen molar-refractivity contribution < 1.29 is 19.8 Å². The molecule has 0 radical (unpaired) electrons. The highest BCUT2D eigenvalue weighted by atomic mass is 16.4. The molecule has 0 aliphatic carbocycles. The first-order valence-electron chi connectivity index (χ1n) is 4.02. The van der Waals surface area contributed by atoms with Gasteiger partial charge in [-0.25, -0.2) is 0 Å². The molecule has 74 valence electrons. The predicted molar refractivity (Wildman–Crippen MR) is 47.4 cm³/mol. The molecule has 13 heavy (non-hydrogen) atoms. The Balaban J connectivity index is 4.91. The van der Waals surface area contributed by atoms with E-state index in [1.165, 1.54) is 0 Å². The van der Waals surface area contributed by atoms with Gasteiger partial charge in [-0.05, 0) is 18.9 Å². The van der Waals surface area contributed by atoms with Gasteiger partial charge in [0.15, 0.2) is 5.41 Å². The van der Waals surface area contributed by atoms with Crippen LogP contribution in [0.3, 0.4) is 0 Å². The number of carbonyl (C=O) groups is 2. The molecule has 0 aromatic heterocycles. The molecule has 0 atom stereocenters. The third kappa shape index (κ3) is 2.08. The minimum absolute atomic E-state index is 0.231. The van der Waals surface area contributed by atoms with Crippen molar-refractivity contribution >= 4 is 11.9 Å². The maximum Gasteiger partial charge on any atom is 0.324 e. The van der Waals surface area contributed by atoms with E-state index in [0.717, 1.165) is 6.92 Å². The normalized spacial score (nSPS) is 10.9. The Morgan fingerprint density at radius 3 is 1.92 bits per heavy atom. The molecule has 4 nitrogen and oxygen atoms in total. The van der Waals surface area contributed by atoms with Gasteiger partial charge in [0.2, 0.25) is 0 Å². The standard InChI is InChI=1S/C9H14O4/c1-4-5-6(2)9(3,7(10)11)8(12)13/h2,4-5H2,1,3H3,(H,10,11)(H,12,13). The van der Waals surface area contributed by atoms with Crippen LogP contribution in [0.4, 0.5) is 0 Å². The minimum atomic E-state index is -1.85. The Kier molecular flexibility index (Phi) is 3.66. The zero-order valence-corrected chi connectivity index (χ0v) is 7.83. The van der Waals surface area contributed by atoms with Crippen LogP contribution < -0.4 is 0 Å². The fourth-order valence-corrected chi connectivity index (χ4v) is 0.946. The molecule has 0 fully saturated rings. The van der Waals surface area contributed by atoms with Gasteiger partial charge in [0, 0.05) is 0 Å². The minimum Gasteiger partial charge on any atom is -0.480 e. The lowest BCUT2D eigenvalue weighted by atomic mass is 9.81. The highest BCUT2D eigenvalue weighted by Gasteiger charge is 2.43. The first-order valence-corrected chi connectivity index (χ1v) is 4.02. The zero-order valence-electron chi connectivity index (χ0n) is 7.83. The Morgan fingerprint density at radius 2 is 1.69 bits per heavy atom. The van der Waals surface area contributed by atoms with Crippen molar-refractivity contribution in [3.63, 3.8) is 0 Å². The molecular weight excluding hydrogens is 172 g/mol. The van der Waals surface area contributed by atoms with Crippen molar-refractivity contribution in [3.8, 4) is 0 Å². The highest BCUT2D eigenvalue weighted by molar-refractivity contribution is 6.01. The van der Waals surface area contributed by atoms with E-state index in [9.17, 15) is 9.59 Å². The van der Waals surface area contributed by atoms with E-state index in [2.05, 4.69) is 6.58 Å². The summed E-state index contributed by atoms with van der Waals surface area (Å²) in [5, 5.41) is 17.5.